The molecule has 2 aliphatic carbocycles. The van der Waals surface area contributed by atoms with E-state index >= 15 is 0 Å². The van der Waals surface area contributed by atoms with Crippen molar-refractivity contribution in [2.75, 3.05) is 26.4 Å². The summed E-state index contributed by atoms with van der Waals surface area (Å²) in [5, 5.41) is 12.3. The summed E-state index contributed by atoms with van der Waals surface area (Å²) in [6, 6.07) is 15.7. The Balaban J connectivity index is 1.25. The molecule has 1 aliphatic heterocycles. The highest BCUT2D eigenvalue weighted by Crippen LogP contribution is 2.44. The van der Waals surface area contributed by atoms with Gasteiger partial charge in [0.25, 0.3) is 0 Å². The molecule has 2 amide bonds. The number of nitrogens with zero attached hydrogens (tertiary/aromatic N) is 1. The van der Waals surface area contributed by atoms with E-state index in [1.807, 2.05) is 24.3 Å². The molecule has 8 heteroatoms. The maximum Gasteiger partial charge on any atom is 0.408 e. The van der Waals surface area contributed by atoms with Gasteiger partial charge < -0.3 is 24.8 Å². The Hall–Kier alpha value is -3.39. The van der Waals surface area contributed by atoms with Gasteiger partial charge in [0.05, 0.1) is 19.3 Å². The van der Waals surface area contributed by atoms with Crippen LogP contribution in [0.1, 0.15) is 36.8 Å². The molecule has 2 atom stereocenters. The molecule has 5 rings (SSSR count). The van der Waals surface area contributed by atoms with Gasteiger partial charge in [0.15, 0.2) is 0 Å². The number of ether oxygens (including phenoxy) is 2. The number of benzene rings is 2. The zero-order chi connectivity index (χ0) is 23.9. The molecule has 0 spiro atoms. The average molecular weight is 465 g/mol. The van der Waals surface area contributed by atoms with Crippen LogP contribution in [0.25, 0.3) is 11.1 Å². The molecule has 1 saturated heterocycles. The highest BCUT2D eigenvalue weighted by atomic mass is 16.5. The Bertz CT molecular complexity index is 1080. The van der Waals surface area contributed by atoms with E-state index in [2.05, 4.69) is 29.6 Å². The Morgan fingerprint density at radius 1 is 1.06 bits per heavy atom. The fraction of sp³-hybridized carbons (Fsp3) is 0.423. The van der Waals surface area contributed by atoms with Crippen LogP contribution in [0.5, 0.6) is 0 Å². The predicted octanol–water partition coefficient (Wildman–Crippen LogP) is 3.01. The molecule has 0 bridgehead atoms. The van der Waals surface area contributed by atoms with Crippen molar-refractivity contribution >= 4 is 18.0 Å². The van der Waals surface area contributed by atoms with Crippen molar-refractivity contribution in [3.63, 3.8) is 0 Å². The van der Waals surface area contributed by atoms with Gasteiger partial charge in [-0.1, -0.05) is 48.5 Å². The van der Waals surface area contributed by atoms with Crippen LogP contribution in [0.4, 0.5) is 4.79 Å². The van der Waals surface area contributed by atoms with Crippen molar-refractivity contribution in [3.05, 3.63) is 59.7 Å². The highest BCUT2D eigenvalue weighted by Gasteiger charge is 2.55. The van der Waals surface area contributed by atoms with Crippen LogP contribution < -0.4 is 5.32 Å². The lowest BCUT2D eigenvalue weighted by molar-refractivity contribution is -0.145. The molecule has 8 nitrogen and oxygen atoms in total. The van der Waals surface area contributed by atoms with Crippen LogP contribution in [0.2, 0.25) is 0 Å². The number of nitrogens with one attached hydrogen (secondary N) is 1. The molecular weight excluding hydrogens is 436 g/mol. The summed E-state index contributed by atoms with van der Waals surface area (Å²) in [6.45, 7) is 2.57. The molecule has 2 unspecified atom stereocenters. The fourth-order valence-electron chi connectivity index (χ4n) is 5.24. The van der Waals surface area contributed by atoms with Gasteiger partial charge in [-0.15, -0.1) is 0 Å². The van der Waals surface area contributed by atoms with Crippen LogP contribution in [0, 0.1) is 5.92 Å². The second-order valence-corrected chi connectivity index (χ2v) is 9.17. The second kappa shape index (κ2) is 8.76. The number of hydrogen-bond acceptors (Lipinski definition) is 5. The number of aliphatic carboxylic acids is 1. The Morgan fingerprint density at radius 3 is 2.24 bits per heavy atom. The van der Waals surface area contributed by atoms with E-state index in [0.717, 1.165) is 22.3 Å². The van der Waals surface area contributed by atoms with E-state index in [-0.39, 0.29) is 31.6 Å². The third kappa shape index (κ3) is 3.81. The summed E-state index contributed by atoms with van der Waals surface area (Å²) in [5.74, 6) is -2.09. The Kier molecular flexibility index (Phi) is 5.77. The molecule has 2 aromatic carbocycles. The van der Waals surface area contributed by atoms with Gasteiger partial charge in [-0.2, -0.15) is 0 Å². The number of fused-ring (bicyclic) bond motifs is 3. The molecule has 2 N–H and O–H groups in total. The summed E-state index contributed by atoms with van der Waals surface area (Å²) < 4.78 is 11.0. The standard InChI is InChI=1S/C26H28N2O6/c1-2-28(22-15-33-13-21(22)23(29)30)24(31)26(11-12-26)27-25(32)34-14-20-18-9-5-3-7-16(18)17-8-4-6-10-19(17)20/h3-10,20-22H,2,11-15H2,1H3,(H,27,32)(H,29,30). The third-order valence-corrected chi connectivity index (χ3v) is 7.21. The molecule has 1 saturated carbocycles. The van der Waals surface area contributed by atoms with Gasteiger partial charge in [-0.05, 0) is 42.0 Å². The van der Waals surface area contributed by atoms with E-state index in [1.54, 1.807) is 6.92 Å². The van der Waals surface area contributed by atoms with E-state index in [0.29, 0.717) is 19.4 Å². The minimum Gasteiger partial charge on any atom is -0.481 e. The smallest absolute Gasteiger partial charge is 0.408 e. The van der Waals surface area contributed by atoms with Gasteiger partial charge in [0, 0.05) is 12.5 Å². The lowest BCUT2D eigenvalue weighted by Gasteiger charge is -2.32. The molecule has 3 aliphatic rings. The van der Waals surface area contributed by atoms with Crippen LogP contribution in [-0.2, 0) is 19.1 Å². The minimum atomic E-state index is -1.04. The quantitative estimate of drug-likeness (QED) is 0.653. The summed E-state index contributed by atoms with van der Waals surface area (Å²) in [5.41, 5.74) is 3.49. The van der Waals surface area contributed by atoms with Crippen LogP contribution in [0.15, 0.2) is 48.5 Å². The normalized spacial score (nSPS) is 21.9. The first-order chi connectivity index (χ1) is 16.4. The van der Waals surface area contributed by atoms with Crippen molar-refractivity contribution in [1.29, 1.82) is 0 Å². The lowest BCUT2D eigenvalue weighted by Crippen LogP contribution is -2.56. The van der Waals surface area contributed by atoms with Crippen molar-refractivity contribution < 1.29 is 29.0 Å². The van der Waals surface area contributed by atoms with E-state index in [9.17, 15) is 19.5 Å². The fourth-order valence-corrected chi connectivity index (χ4v) is 5.24. The van der Waals surface area contributed by atoms with Gasteiger partial charge in [-0.3, -0.25) is 9.59 Å². The topological polar surface area (TPSA) is 105 Å². The number of likely N-dealkylation sites (N-methyl/N-ethyl adjacent to an activating group) is 1. The van der Waals surface area contributed by atoms with Gasteiger partial charge in [-0.25, -0.2) is 4.79 Å². The number of rotatable bonds is 7. The summed E-state index contributed by atoms with van der Waals surface area (Å²) in [4.78, 5) is 39.2. The van der Waals surface area contributed by atoms with Crippen LogP contribution in [-0.4, -0.2) is 65.9 Å². The predicted molar refractivity (Wildman–Crippen MR) is 123 cm³/mol. The first-order valence-electron chi connectivity index (χ1n) is 11.7. The number of carboxylic acid groups (broad SMARTS) is 1. The molecule has 1 heterocycles. The zero-order valence-electron chi connectivity index (χ0n) is 19.0. The number of amides is 2. The van der Waals surface area contributed by atoms with E-state index < -0.39 is 29.6 Å². The van der Waals surface area contributed by atoms with Crippen molar-refractivity contribution in [3.8, 4) is 11.1 Å². The number of alkyl carbamates (subject to hydrolysis) is 1. The third-order valence-electron chi connectivity index (χ3n) is 7.21. The molecule has 2 fully saturated rings. The first-order valence-corrected chi connectivity index (χ1v) is 11.7. The number of carboxylic acids is 1. The van der Waals surface area contributed by atoms with E-state index in [1.165, 1.54) is 4.90 Å². The summed E-state index contributed by atoms with van der Waals surface area (Å²) >= 11 is 0. The largest absolute Gasteiger partial charge is 0.481 e. The summed E-state index contributed by atoms with van der Waals surface area (Å²) in [6.07, 6.45) is 0.358. The molecule has 0 aromatic heterocycles. The lowest BCUT2D eigenvalue weighted by atomic mass is 9.98. The Labute approximate surface area is 197 Å². The molecular formula is C26H28N2O6. The number of hydrogen-bond donors (Lipinski definition) is 2. The van der Waals surface area contributed by atoms with Crippen molar-refractivity contribution in [2.45, 2.75) is 37.3 Å². The zero-order valence-corrected chi connectivity index (χ0v) is 19.0. The maximum absolute atomic E-state index is 13.3. The number of carbonyl (C=O) groups excluding carboxylic acids is 2. The van der Waals surface area contributed by atoms with Crippen molar-refractivity contribution in [2.24, 2.45) is 5.92 Å². The SMILES string of the molecule is CCN(C(=O)C1(NC(=O)OCC2c3ccccc3-c3ccccc32)CC1)C1COCC1C(=O)O. The van der Waals surface area contributed by atoms with Gasteiger partial charge >= 0.3 is 12.1 Å². The highest BCUT2D eigenvalue weighted by molar-refractivity contribution is 5.93. The van der Waals surface area contributed by atoms with Crippen LogP contribution >= 0.6 is 0 Å². The maximum atomic E-state index is 13.3. The van der Waals surface area contributed by atoms with Gasteiger partial charge in [0.1, 0.15) is 18.1 Å². The number of carbonyl (C=O) groups is 3. The van der Waals surface area contributed by atoms with Crippen LogP contribution in [0.3, 0.4) is 0 Å². The Morgan fingerprint density at radius 2 is 1.68 bits per heavy atom. The van der Waals surface area contributed by atoms with Gasteiger partial charge in [0.2, 0.25) is 5.91 Å². The molecule has 2 aromatic rings. The average Bonchev–Trinajstić information content (AvgIpc) is 3.32. The van der Waals surface area contributed by atoms with E-state index in [4.69, 9.17) is 9.47 Å². The molecule has 178 valence electrons. The minimum absolute atomic E-state index is 0.0666. The molecule has 34 heavy (non-hydrogen) atoms. The summed E-state index contributed by atoms with van der Waals surface area (Å²) in [7, 11) is 0. The first kappa shape index (κ1) is 22.4. The van der Waals surface area contributed by atoms with Crippen molar-refractivity contribution in [1.82, 2.24) is 10.2 Å². The molecule has 0 radical (unpaired) electrons. The monoisotopic (exact) mass is 464 g/mol. The second-order valence-electron chi connectivity index (χ2n) is 9.17.